The Morgan fingerprint density at radius 1 is 1.05 bits per heavy atom. The molecule has 3 aromatic heterocycles. The van der Waals surface area contributed by atoms with Gasteiger partial charge < -0.3 is 24.0 Å². The molecule has 0 bridgehead atoms. The highest BCUT2D eigenvalue weighted by Gasteiger charge is 2.36. The number of amides is 1. The highest BCUT2D eigenvalue weighted by molar-refractivity contribution is 5.69. The monoisotopic (exact) mass is 587 g/mol. The standard InChI is InChI=1S/C33H45N7O3/c1-24(38-22-30(35-23-38)26-16-29(19-34-18-26)36-12-5-6-13-36)39-15-11-27(17-31(39)41)37-14-7-8-28(21-37)40(20-25-9-10-25)32(42)43-33(2,3)4/h11,15-19,22-25,28H,5-10,12-14,20-21H2,1-4H3/t24?,28-/m1/s1. The molecule has 0 N–H and O–H groups in total. The van der Waals surface area contributed by atoms with Crippen molar-refractivity contribution in [3.8, 4) is 11.3 Å². The predicted octanol–water partition coefficient (Wildman–Crippen LogP) is 5.39. The van der Waals surface area contributed by atoms with E-state index in [1.807, 2.05) is 68.0 Å². The number of aromatic nitrogens is 4. The Morgan fingerprint density at radius 3 is 2.53 bits per heavy atom. The Morgan fingerprint density at radius 2 is 1.81 bits per heavy atom. The SMILES string of the molecule is CC(n1cnc(-c2cncc(N3CCCC3)c2)c1)n1ccc(N2CCC[C@@H](N(CC3CC3)C(=O)OC(C)(C)C)C2)cc1=O. The number of imidazole rings is 1. The van der Waals surface area contributed by atoms with Gasteiger partial charge in [0.15, 0.2) is 0 Å². The highest BCUT2D eigenvalue weighted by atomic mass is 16.6. The number of ether oxygens (including phenoxy) is 1. The van der Waals surface area contributed by atoms with Gasteiger partial charge in [0, 0.05) is 68.6 Å². The lowest BCUT2D eigenvalue weighted by molar-refractivity contribution is 0.0134. The van der Waals surface area contributed by atoms with Crippen LogP contribution in [0.25, 0.3) is 11.3 Å². The van der Waals surface area contributed by atoms with Crippen molar-refractivity contribution >= 4 is 17.5 Å². The van der Waals surface area contributed by atoms with Crippen molar-refractivity contribution in [1.82, 2.24) is 24.0 Å². The number of hydrogen-bond acceptors (Lipinski definition) is 7. The van der Waals surface area contributed by atoms with Crippen LogP contribution in [0, 0.1) is 5.92 Å². The van der Waals surface area contributed by atoms with Crippen molar-refractivity contribution < 1.29 is 9.53 Å². The molecule has 43 heavy (non-hydrogen) atoms. The maximum atomic E-state index is 13.4. The van der Waals surface area contributed by atoms with Crippen LogP contribution in [0.1, 0.15) is 72.4 Å². The summed E-state index contributed by atoms with van der Waals surface area (Å²) in [6.07, 6.45) is 15.6. The second kappa shape index (κ2) is 12.1. The van der Waals surface area contributed by atoms with E-state index < -0.39 is 5.60 Å². The lowest BCUT2D eigenvalue weighted by Crippen LogP contribution is -2.52. The molecule has 0 radical (unpaired) electrons. The molecule has 2 saturated heterocycles. The third-order valence-electron chi connectivity index (χ3n) is 8.84. The second-order valence-electron chi connectivity index (χ2n) is 13.4. The zero-order chi connectivity index (χ0) is 30.1. The number of rotatable bonds is 8. The van der Waals surface area contributed by atoms with Crippen LogP contribution in [0.15, 0.2) is 54.1 Å². The molecule has 3 aromatic rings. The number of piperidine rings is 1. The van der Waals surface area contributed by atoms with Crippen LogP contribution in [0.2, 0.25) is 0 Å². The van der Waals surface area contributed by atoms with Gasteiger partial charge in [0.25, 0.3) is 5.56 Å². The average molecular weight is 588 g/mol. The van der Waals surface area contributed by atoms with Gasteiger partial charge in [0.1, 0.15) is 11.8 Å². The Labute approximate surface area is 254 Å². The molecule has 230 valence electrons. The van der Waals surface area contributed by atoms with Gasteiger partial charge in [-0.1, -0.05) is 0 Å². The smallest absolute Gasteiger partial charge is 0.410 e. The van der Waals surface area contributed by atoms with Crippen LogP contribution < -0.4 is 15.4 Å². The Kier molecular flexibility index (Phi) is 8.20. The van der Waals surface area contributed by atoms with Crippen LogP contribution in [0.4, 0.5) is 16.2 Å². The van der Waals surface area contributed by atoms with Crippen LogP contribution in [0.5, 0.6) is 0 Å². The van der Waals surface area contributed by atoms with E-state index in [9.17, 15) is 9.59 Å². The third kappa shape index (κ3) is 6.89. The summed E-state index contributed by atoms with van der Waals surface area (Å²) in [4.78, 5) is 42.2. The molecule has 2 aliphatic heterocycles. The molecule has 5 heterocycles. The Hall–Kier alpha value is -3.82. The fourth-order valence-corrected chi connectivity index (χ4v) is 6.25. The molecule has 1 aliphatic carbocycles. The minimum Gasteiger partial charge on any atom is -0.444 e. The van der Waals surface area contributed by atoms with E-state index in [1.54, 1.807) is 17.0 Å². The van der Waals surface area contributed by atoms with Gasteiger partial charge in [-0.05, 0) is 84.3 Å². The largest absolute Gasteiger partial charge is 0.444 e. The summed E-state index contributed by atoms with van der Waals surface area (Å²) in [7, 11) is 0. The van der Waals surface area contributed by atoms with Gasteiger partial charge in [-0.2, -0.15) is 0 Å². The molecular formula is C33H45N7O3. The van der Waals surface area contributed by atoms with Crippen molar-refractivity contribution in [3.05, 3.63) is 59.7 Å². The van der Waals surface area contributed by atoms with E-state index in [4.69, 9.17) is 4.74 Å². The summed E-state index contributed by atoms with van der Waals surface area (Å²) in [6.45, 7) is 12.2. The zero-order valence-electron chi connectivity index (χ0n) is 26.0. The summed E-state index contributed by atoms with van der Waals surface area (Å²) < 4.78 is 9.48. The number of carbonyl (C=O) groups is 1. The molecule has 0 spiro atoms. The molecular weight excluding hydrogens is 542 g/mol. The minimum absolute atomic E-state index is 0.0633. The summed E-state index contributed by atoms with van der Waals surface area (Å²) in [5.74, 6) is 0.572. The van der Waals surface area contributed by atoms with Gasteiger partial charge in [0.2, 0.25) is 0 Å². The number of pyridine rings is 2. The van der Waals surface area contributed by atoms with E-state index >= 15 is 0 Å². The first-order valence-electron chi connectivity index (χ1n) is 15.9. The molecule has 0 aromatic carbocycles. The molecule has 6 rings (SSSR count). The normalized spacial score (nSPS) is 19.9. The molecule has 3 fully saturated rings. The van der Waals surface area contributed by atoms with E-state index in [-0.39, 0.29) is 23.9 Å². The Bertz CT molecular complexity index is 1480. The van der Waals surface area contributed by atoms with Crippen molar-refractivity contribution in [2.24, 2.45) is 5.92 Å². The van der Waals surface area contributed by atoms with Gasteiger partial charge >= 0.3 is 6.09 Å². The van der Waals surface area contributed by atoms with Crippen LogP contribution in [0.3, 0.4) is 0 Å². The third-order valence-corrected chi connectivity index (χ3v) is 8.84. The molecule has 2 atom stereocenters. The molecule has 1 saturated carbocycles. The molecule has 10 nitrogen and oxygen atoms in total. The maximum Gasteiger partial charge on any atom is 0.410 e. The zero-order valence-corrected chi connectivity index (χ0v) is 26.0. The number of hydrogen-bond donors (Lipinski definition) is 0. The number of carbonyl (C=O) groups excluding carboxylic acids is 1. The van der Waals surface area contributed by atoms with Crippen LogP contribution >= 0.6 is 0 Å². The molecule has 1 amide bonds. The fraction of sp³-hybridized carbons (Fsp3) is 0.576. The van der Waals surface area contributed by atoms with E-state index in [2.05, 4.69) is 25.8 Å². The first-order valence-corrected chi connectivity index (χ1v) is 15.9. The first-order chi connectivity index (χ1) is 20.6. The topological polar surface area (TPSA) is 88.7 Å². The average Bonchev–Trinajstić information content (AvgIpc) is 3.41. The van der Waals surface area contributed by atoms with Crippen molar-refractivity contribution in [3.63, 3.8) is 0 Å². The number of anilines is 2. The summed E-state index contributed by atoms with van der Waals surface area (Å²) >= 11 is 0. The van der Waals surface area contributed by atoms with Gasteiger partial charge in [-0.15, -0.1) is 0 Å². The molecule has 10 heteroatoms. The van der Waals surface area contributed by atoms with Gasteiger partial charge in [0.05, 0.1) is 29.9 Å². The van der Waals surface area contributed by atoms with Gasteiger partial charge in [-0.3, -0.25) is 14.3 Å². The van der Waals surface area contributed by atoms with Crippen molar-refractivity contribution in [2.75, 3.05) is 42.5 Å². The van der Waals surface area contributed by atoms with Crippen LogP contribution in [-0.4, -0.2) is 74.5 Å². The molecule has 1 unspecified atom stereocenters. The highest BCUT2D eigenvalue weighted by Crippen LogP contribution is 2.33. The van der Waals surface area contributed by atoms with E-state index in [1.165, 1.54) is 25.7 Å². The van der Waals surface area contributed by atoms with Crippen molar-refractivity contribution in [1.29, 1.82) is 0 Å². The molecule has 3 aliphatic rings. The van der Waals surface area contributed by atoms with Crippen LogP contribution in [-0.2, 0) is 4.74 Å². The van der Waals surface area contributed by atoms with Gasteiger partial charge in [-0.25, -0.2) is 9.78 Å². The minimum atomic E-state index is -0.529. The lowest BCUT2D eigenvalue weighted by Gasteiger charge is -2.40. The summed E-state index contributed by atoms with van der Waals surface area (Å²) in [6, 6.07) is 5.95. The second-order valence-corrected chi connectivity index (χ2v) is 13.4. The predicted molar refractivity (Wildman–Crippen MR) is 169 cm³/mol. The number of nitrogens with zero attached hydrogens (tertiary/aromatic N) is 7. The first kappa shape index (κ1) is 29.3. The Balaban J connectivity index is 1.15. The van der Waals surface area contributed by atoms with E-state index in [0.717, 1.165) is 61.7 Å². The maximum absolute atomic E-state index is 13.4. The van der Waals surface area contributed by atoms with Crippen molar-refractivity contribution in [2.45, 2.75) is 84.0 Å². The van der Waals surface area contributed by atoms with E-state index in [0.29, 0.717) is 12.5 Å². The lowest BCUT2D eigenvalue weighted by atomic mass is 10.0. The fourth-order valence-electron chi connectivity index (χ4n) is 6.25. The summed E-state index contributed by atoms with van der Waals surface area (Å²) in [5, 5.41) is 0. The quantitative estimate of drug-likeness (QED) is 0.349. The summed E-state index contributed by atoms with van der Waals surface area (Å²) in [5.41, 5.74) is 3.24.